The summed E-state index contributed by atoms with van der Waals surface area (Å²) in [6, 6.07) is -0.693. The number of nitrogens with zero attached hydrogens (tertiary/aromatic N) is 4. The number of rotatable bonds is 10. The Kier molecular flexibility index (Phi) is 9.69. The highest BCUT2D eigenvalue weighted by molar-refractivity contribution is 8.14. The molecule has 1 fully saturated rings. The van der Waals surface area contributed by atoms with Gasteiger partial charge in [-0.1, -0.05) is 25.6 Å². The molecule has 3 heterocycles. The molecule has 0 aliphatic carbocycles. The first-order valence-corrected chi connectivity index (χ1v) is 14.6. The summed E-state index contributed by atoms with van der Waals surface area (Å²) in [6.45, 7) is 8.11. The summed E-state index contributed by atoms with van der Waals surface area (Å²) in [7, 11) is 1.51. The standard InChI is InChI=1S/C22H30N6O6S3/c1-10(2)6-14(23-11(3)4)35-9-13(29)24-15-19(32)28-16(21(33)34)12(7-36-20(15)28)8-37-22-25-17(30)18(31)26-27(22)5/h10-11,15,20H,6-9H2,1-5H3,(H,24,29)(H,26,31)(H,33,34)/t15-,20-/m1/s1. The molecule has 2 aliphatic heterocycles. The van der Waals surface area contributed by atoms with Gasteiger partial charge in [0.05, 0.1) is 10.8 Å². The topological polar surface area (TPSA) is 167 Å². The van der Waals surface area contributed by atoms with Gasteiger partial charge in [0.15, 0.2) is 5.16 Å². The van der Waals surface area contributed by atoms with Crippen molar-refractivity contribution in [2.45, 2.75) is 56.7 Å². The number of aromatic amines is 1. The minimum atomic E-state index is -1.25. The van der Waals surface area contributed by atoms with Crippen molar-refractivity contribution in [2.75, 3.05) is 17.3 Å². The van der Waals surface area contributed by atoms with Crippen LogP contribution < -0.4 is 16.4 Å². The fourth-order valence-electron chi connectivity index (χ4n) is 3.69. The molecule has 0 bridgehead atoms. The monoisotopic (exact) mass is 570 g/mol. The van der Waals surface area contributed by atoms with Gasteiger partial charge in [-0.05, 0) is 31.8 Å². The summed E-state index contributed by atoms with van der Waals surface area (Å²) in [5, 5.41) is 15.5. The van der Waals surface area contributed by atoms with E-state index >= 15 is 0 Å². The first kappa shape index (κ1) is 29.0. The van der Waals surface area contributed by atoms with Gasteiger partial charge in [-0.3, -0.25) is 38.9 Å². The van der Waals surface area contributed by atoms with E-state index in [1.54, 1.807) is 0 Å². The molecular formula is C22H30N6O6S3. The summed E-state index contributed by atoms with van der Waals surface area (Å²) < 4.78 is 1.28. The molecule has 1 saturated heterocycles. The number of carboxylic acid groups (broad SMARTS) is 1. The lowest BCUT2D eigenvalue weighted by molar-refractivity contribution is -0.150. The third-order valence-corrected chi connectivity index (χ3v) is 8.71. The van der Waals surface area contributed by atoms with E-state index in [9.17, 15) is 29.1 Å². The summed E-state index contributed by atoms with van der Waals surface area (Å²) in [5.74, 6) is -1.05. The number of amides is 2. The molecule has 0 unspecified atom stereocenters. The van der Waals surface area contributed by atoms with Crippen molar-refractivity contribution in [2.24, 2.45) is 18.0 Å². The number of carboxylic acids is 1. The minimum absolute atomic E-state index is 0.114. The van der Waals surface area contributed by atoms with Crippen LogP contribution in [-0.4, -0.2) is 82.3 Å². The highest BCUT2D eigenvalue weighted by Crippen LogP contribution is 2.41. The van der Waals surface area contributed by atoms with Crippen molar-refractivity contribution >= 4 is 58.1 Å². The highest BCUT2D eigenvalue weighted by Gasteiger charge is 2.54. The van der Waals surface area contributed by atoms with Gasteiger partial charge in [0.25, 0.3) is 5.91 Å². The van der Waals surface area contributed by atoms with E-state index in [0.29, 0.717) is 17.2 Å². The van der Waals surface area contributed by atoms with Crippen molar-refractivity contribution in [3.05, 3.63) is 32.0 Å². The number of carbonyl (C=O) groups excluding carboxylic acids is 2. The van der Waals surface area contributed by atoms with Gasteiger partial charge >= 0.3 is 17.1 Å². The molecule has 12 nitrogen and oxygen atoms in total. The van der Waals surface area contributed by atoms with Crippen LogP contribution in [0.2, 0.25) is 0 Å². The Hall–Kier alpha value is -2.52. The maximum absolute atomic E-state index is 12.9. The molecule has 2 aliphatic rings. The number of aryl methyl sites for hydroxylation is 1. The smallest absolute Gasteiger partial charge is 0.352 e. The molecule has 0 saturated carbocycles. The number of hydrogen-bond acceptors (Lipinski definition) is 10. The molecule has 1 aromatic heterocycles. The van der Waals surface area contributed by atoms with E-state index in [2.05, 4.69) is 34.2 Å². The Balaban J connectivity index is 1.66. The van der Waals surface area contributed by atoms with Crippen molar-refractivity contribution < 1.29 is 19.5 Å². The number of hydrogen-bond donors (Lipinski definition) is 3. The summed E-state index contributed by atoms with van der Waals surface area (Å²) in [6.07, 6.45) is 0.765. The number of fused-ring (bicyclic) bond motifs is 1. The molecule has 3 N–H and O–H groups in total. The van der Waals surface area contributed by atoms with E-state index in [1.165, 1.54) is 40.2 Å². The lowest BCUT2D eigenvalue weighted by Gasteiger charge is -2.49. The largest absolute Gasteiger partial charge is 0.477 e. The molecule has 15 heteroatoms. The number of β-lactam (4-membered cyclic amide) rings is 1. The van der Waals surface area contributed by atoms with E-state index in [1.807, 2.05) is 13.8 Å². The summed E-state index contributed by atoms with van der Waals surface area (Å²) in [5.41, 5.74) is -1.43. The van der Waals surface area contributed by atoms with Crippen molar-refractivity contribution in [3.63, 3.8) is 0 Å². The summed E-state index contributed by atoms with van der Waals surface area (Å²) in [4.78, 5) is 70.0. The Morgan fingerprint density at radius 2 is 1.97 bits per heavy atom. The zero-order valence-corrected chi connectivity index (χ0v) is 23.6. The average Bonchev–Trinajstić information content (AvgIpc) is 2.80. The van der Waals surface area contributed by atoms with Crippen LogP contribution in [0.5, 0.6) is 0 Å². The lowest BCUT2D eigenvalue weighted by Crippen LogP contribution is -2.70. The van der Waals surface area contributed by atoms with Gasteiger partial charge in [0.2, 0.25) is 5.91 Å². The maximum atomic E-state index is 12.9. The molecule has 2 atom stereocenters. The Labute approximate surface area is 226 Å². The first-order chi connectivity index (χ1) is 17.4. The van der Waals surface area contributed by atoms with E-state index < -0.39 is 34.4 Å². The predicted octanol–water partition coefficient (Wildman–Crippen LogP) is 0.886. The van der Waals surface area contributed by atoms with Crippen LogP contribution in [-0.2, 0) is 21.4 Å². The molecular weight excluding hydrogens is 540 g/mol. The van der Waals surface area contributed by atoms with Crippen LogP contribution in [0.15, 0.2) is 31.0 Å². The van der Waals surface area contributed by atoms with Gasteiger partial charge in [-0.15, -0.1) is 23.5 Å². The average molecular weight is 571 g/mol. The second-order valence-electron chi connectivity index (χ2n) is 9.20. The number of aromatic nitrogens is 3. The fourth-order valence-corrected chi connectivity index (χ4v) is 7.21. The van der Waals surface area contributed by atoms with Crippen molar-refractivity contribution in [1.29, 1.82) is 0 Å². The van der Waals surface area contributed by atoms with Gasteiger partial charge in [-0.2, -0.15) is 4.98 Å². The molecule has 0 aromatic carbocycles. The van der Waals surface area contributed by atoms with Gasteiger partial charge in [0.1, 0.15) is 17.1 Å². The van der Waals surface area contributed by atoms with Crippen LogP contribution in [0.1, 0.15) is 34.1 Å². The second kappa shape index (κ2) is 12.3. The fraction of sp³-hybridized carbons (Fsp3) is 0.591. The van der Waals surface area contributed by atoms with E-state index in [4.69, 9.17) is 0 Å². The highest BCUT2D eigenvalue weighted by atomic mass is 32.2. The number of aliphatic imine (C=N–C) groups is 1. The summed E-state index contributed by atoms with van der Waals surface area (Å²) >= 11 is 3.80. The van der Waals surface area contributed by atoms with Gasteiger partial charge in [0, 0.05) is 24.6 Å². The molecule has 202 valence electrons. The van der Waals surface area contributed by atoms with Crippen LogP contribution in [0.4, 0.5) is 0 Å². The number of aliphatic carboxylic acids is 1. The van der Waals surface area contributed by atoms with Crippen LogP contribution in [0, 0.1) is 5.92 Å². The van der Waals surface area contributed by atoms with Gasteiger partial charge in [-0.25, -0.2) is 4.79 Å². The van der Waals surface area contributed by atoms with Crippen LogP contribution >= 0.6 is 35.3 Å². The molecule has 0 spiro atoms. The lowest BCUT2D eigenvalue weighted by atomic mass is 10.0. The first-order valence-electron chi connectivity index (χ1n) is 11.6. The Morgan fingerprint density at radius 1 is 1.27 bits per heavy atom. The second-order valence-corrected chi connectivity index (χ2v) is 12.3. The third kappa shape index (κ3) is 7.08. The molecule has 2 amide bonds. The quantitative estimate of drug-likeness (QED) is 0.121. The van der Waals surface area contributed by atoms with Crippen LogP contribution in [0.3, 0.4) is 0 Å². The minimum Gasteiger partial charge on any atom is -0.477 e. The van der Waals surface area contributed by atoms with Crippen LogP contribution in [0.25, 0.3) is 0 Å². The van der Waals surface area contributed by atoms with Gasteiger partial charge < -0.3 is 10.4 Å². The van der Waals surface area contributed by atoms with E-state index in [0.717, 1.165) is 23.2 Å². The SMILES string of the molecule is CC(C)CC(=NC(C)C)SCC(=O)N[C@@H]1C(=O)N2C(C(=O)O)=C(CSc3nc(=O)c(=O)[nH]n3C)CS[C@H]12. The normalized spacial score (nSPS) is 19.8. The molecule has 3 rings (SSSR count). The number of thioether (sulfide) groups is 3. The predicted molar refractivity (Wildman–Crippen MR) is 145 cm³/mol. The number of H-pyrrole nitrogens is 1. The number of carbonyl (C=O) groups is 3. The van der Waals surface area contributed by atoms with Crippen molar-refractivity contribution in [1.82, 2.24) is 25.0 Å². The Bertz CT molecular complexity index is 1250. The zero-order valence-electron chi connectivity index (χ0n) is 21.1. The third-order valence-electron chi connectivity index (χ3n) is 5.24. The molecule has 1 aromatic rings. The van der Waals surface area contributed by atoms with E-state index in [-0.39, 0.29) is 34.3 Å². The molecule has 37 heavy (non-hydrogen) atoms. The van der Waals surface area contributed by atoms with Crippen molar-refractivity contribution in [3.8, 4) is 0 Å². The Morgan fingerprint density at radius 3 is 2.59 bits per heavy atom. The maximum Gasteiger partial charge on any atom is 0.352 e. The zero-order chi connectivity index (χ0) is 27.4. The molecule has 0 radical (unpaired) electrons. The number of nitrogens with one attached hydrogen (secondary N) is 2.